The van der Waals surface area contributed by atoms with Gasteiger partial charge < -0.3 is 15.5 Å². The van der Waals surface area contributed by atoms with Gasteiger partial charge in [-0.25, -0.2) is 4.79 Å². The Morgan fingerprint density at radius 3 is 2.52 bits per heavy atom. The highest BCUT2D eigenvalue weighted by molar-refractivity contribution is 9.10. The molecule has 1 amide bonds. The highest BCUT2D eigenvalue weighted by Gasteiger charge is 2.15. The van der Waals surface area contributed by atoms with Crippen molar-refractivity contribution in [2.75, 3.05) is 5.32 Å². The van der Waals surface area contributed by atoms with Crippen LogP contribution < -0.4 is 5.32 Å². The average Bonchev–Trinajstić information content (AvgIpc) is 2.43. The second kappa shape index (κ2) is 6.15. The predicted molar refractivity (Wildman–Crippen MR) is 82.2 cm³/mol. The van der Waals surface area contributed by atoms with Crippen LogP contribution >= 0.6 is 27.5 Å². The molecule has 7 heteroatoms. The van der Waals surface area contributed by atoms with Crippen molar-refractivity contribution < 1.29 is 19.8 Å². The Morgan fingerprint density at radius 1 is 1.14 bits per heavy atom. The van der Waals surface area contributed by atoms with E-state index in [9.17, 15) is 14.7 Å². The molecule has 0 fully saturated rings. The standard InChI is InChI=1S/C14H9BrClNO4/c15-10-3-1-2-8(12(10)16)13(19)17-7-4-5-11(18)9(6-7)14(20)21/h1-6,18H,(H,17,19)(H,20,21). The molecule has 0 radical (unpaired) electrons. The zero-order chi connectivity index (χ0) is 15.6. The van der Waals surface area contributed by atoms with Gasteiger partial charge in [0.05, 0.1) is 10.6 Å². The molecule has 0 atom stereocenters. The minimum absolute atomic E-state index is 0.242. The van der Waals surface area contributed by atoms with Crippen molar-refractivity contribution in [1.82, 2.24) is 0 Å². The minimum Gasteiger partial charge on any atom is -0.507 e. The van der Waals surface area contributed by atoms with Gasteiger partial charge in [0.25, 0.3) is 5.91 Å². The highest BCUT2D eigenvalue weighted by atomic mass is 79.9. The number of aromatic carboxylic acids is 1. The number of hydrogen-bond acceptors (Lipinski definition) is 3. The third-order valence-corrected chi connectivity index (χ3v) is 3.98. The van der Waals surface area contributed by atoms with Crippen molar-refractivity contribution in [1.29, 1.82) is 0 Å². The van der Waals surface area contributed by atoms with Crippen LogP contribution in [0.1, 0.15) is 20.7 Å². The van der Waals surface area contributed by atoms with Crippen LogP contribution in [0, 0.1) is 0 Å². The molecule has 0 aromatic heterocycles. The van der Waals surface area contributed by atoms with Gasteiger partial charge in [0.2, 0.25) is 0 Å². The van der Waals surface area contributed by atoms with Gasteiger partial charge in [-0.2, -0.15) is 0 Å². The Hall–Kier alpha value is -2.05. The number of amides is 1. The number of halogens is 2. The SMILES string of the molecule is O=C(O)c1cc(NC(=O)c2cccc(Br)c2Cl)ccc1O. The van der Waals surface area contributed by atoms with Gasteiger partial charge in [-0.15, -0.1) is 0 Å². The van der Waals surface area contributed by atoms with Crippen LogP contribution in [-0.4, -0.2) is 22.1 Å². The molecule has 0 aliphatic carbocycles. The van der Waals surface area contributed by atoms with Crippen molar-refractivity contribution in [3.8, 4) is 5.75 Å². The quantitative estimate of drug-likeness (QED) is 0.718. The summed E-state index contributed by atoms with van der Waals surface area (Å²) >= 11 is 9.24. The van der Waals surface area contributed by atoms with Crippen LogP contribution in [0.5, 0.6) is 5.75 Å². The molecule has 21 heavy (non-hydrogen) atoms. The summed E-state index contributed by atoms with van der Waals surface area (Å²) in [6.45, 7) is 0. The molecule has 0 heterocycles. The first-order valence-electron chi connectivity index (χ1n) is 5.72. The molecule has 108 valence electrons. The highest BCUT2D eigenvalue weighted by Crippen LogP contribution is 2.27. The predicted octanol–water partition coefficient (Wildman–Crippen LogP) is 3.76. The molecule has 0 unspecified atom stereocenters. The van der Waals surface area contributed by atoms with Gasteiger partial charge in [-0.1, -0.05) is 17.7 Å². The number of benzene rings is 2. The van der Waals surface area contributed by atoms with Crippen LogP contribution in [0.2, 0.25) is 5.02 Å². The van der Waals surface area contributed by atoms with Crippen molar-refractivity contribution >= 4 is 45.1 Å². The Balaban J connectivity index is 2.30. The third-order valence-electron chi connectivity index (χ3n) is 2.68. The lowest BCUT2D eigenvalue weighted by molar-refractivity contribution is 0.0693. The van der Waals surface area contributed by atoms with Crippen molar-refractivity contribution in [3.63, 3.8) is 0 Å². The number of carboxylic acid groups (broad SMARTS) is 1. The molecule has 2 aromatic carbocycles. The number of rotatable bonds is 3. The van der Waals surface area contributed by atoms with E-state index in [4.69, 9.17) is 16.7 Å². The molecular formula is C14H9BrClNO4. The van der Waals surface area contributed by atoms with Crippen molar-refractivity contribution in [3.05, 3.63) is 57.0 Å². The fraction of sp³-hybridized carbons (Fsp3) is 0. The monoisotopic (exact) mass is 369 g/mol. The molecular weight excluding hydrogens is 362 g/mol. The zero-order valence-corrected chi connectivity index (χ0v) is 12.8. The number of carboxylic acids is 1. The molecule has 3 N–H and O–H groups in total. The molecule has 0 saturated heterocycles. The van der Waals surface area contributed by atoms with E-state index in [2.05, 4.69) is 21.2 Å². The first-order valence-corrected chi connectivity index (χ1v) is 6.89. The van der Waals surface area contributed by atoms with Crippen molar-refractivity contribution in [2.24, 2.45) is 0 Å². The summed E-state index contributed by atoms with van der Waals surface area (Å²) in [5.41, 5.74) is 0.190. The first-order chi connectivity index (χ1) is 9.90. The summed E-state index contributed by atoms with van der Waals surface area (Å²) < 4.78 is 0.578. The molecule has 5 nitrogen and oxygen atoms in total. The molecule has 0 bridgehead atoms. The second-order valence-electron chi connectivity index (χ2n) is 4.09. The van der Waals surface area contributed by atoms with E-state index in [-0.39, 0.29) is 27.6 Å². The fourth-order valence-corrected chi connectivity index (χ4v) is 2.24. The number of aromatic hydroxyl groups is 1. The van der Waals surface area contributed by atoms with Crippen LogP contribution in [0.25, 0.3) is 0 Å². The van der Waals surface area contributed by atoms with Gasteiger partial charge in [-0.3, -0.25) is 4.79 Å². The number of nitrogens with one attached hydrogen (secondary N) is 1. The fourth-order valence-electron chi connectivity index (χ4n) is 1.66. The summed E-state index contributed by atoms with van der Waals surface area (Å²) in [6, 6.07) is 8.65. The van der Waals surface area contributed by atoms with Gasteiger partial charge in [-0.05, 0) is 46.3 Å². The van der Waals surface area contributed by atoms with Gasteiger partial charge in [0.1, 0.15) is 11.3 Å². The van der Waals surface area contributed by atoms with Crippen LogP contribution in [-0.2, 0) is 0 Å². The van der Waals surface area contributed by atoms with E-state index < -0.39 is 11.9 Å². The van der Waals surface area contributed by atoms with Crippen LogP contribution in [0.15, 0.2) is 40.9 Å². The lowest BCUT2D eigenvalue weighted by Crippen LogP contribution is -2.13. The van der Waals surface area contributed by atoms with E-state index in [0.29, 0.717) is 4.47 Å². The topological polar surface area (TPSA) is 86.6 Å². The largest absolute Gasteiger partial charge is 0.507 e. The summed E-state index contributed by atoms with van der Waals surface area (Å²) in [4.78, 5) is 23.1. The smallest absolute Gasteiger partial charge is 0.339 e. The lowest BCUT2D eigenvalue weighted by Gasteiger charge is -2.09. The van der Waals surface area contributed by atoms with E-state index in [0.717, 1.165) is 0 Å². The van der Waals surface area contributed by atoms with E-state index in [1.807, 2.05) is 0 Å². The molecule has 2 rings (SSSR count). The maximum Gasteiger partial charge on any atom is 0.339 e. The Labute approximate surface area is 133 Å². The zero-order valence-electron chi connectivity index (χ0n) is 10.4. The number of carbonyl (C=O) groups excluding carboxylic acids is 1. The molecule has 0 aliphatic heterocycles. The van der Waals surface area contributed by atoms with E-state index in [1.54, 1.807) is 18.2 Å². The lowest BCUT2D eigenvalue weighted by atomic mass is 10.1. The number of hydrogen-bond donors (Lipinski definition) is 3. The van der Waals surface area contributed by atoms with Crippen LogP contribution in [0.3, 0.4) is 0 Å². The summed E-state index contributed by atoms with van der Waals surface area (Å²) in [7, 11) is 0. The Morgan fingerprint density at radius 2 is 1.86 bits per heavy atom. The maximum atomic E-state index is 12.1. The number of phenols is 1. The maximum absolute atomic E-state index is 12.1. The van der Waals surface area contributed by atoms with Gasteiger partial charge in [0.15, 0.2) is 0 Å². The molecule has 0 saturated carbocycles. The summed E-state index contributed by atoms with van der Waals surface area (Å²) in [5, 5.41) is 21.1. The first kappa shape index (κ1) is 15.3. The Kier molecular flexibility index (Phi) is 4.50. The summed E-state index contributed by atoms with van der Waals surface area (Å²) in [6.07, 6.45) is 0. The molecule has 2 aromatic rings. The van der Waals surface area contributed by atoms with Crippen LogP contribution in [0.4, 0.5) is 5.69 Å². The molecule has 0 spiro atoms. The number of carbonyl (C=O) groups is 2. The average molecular weight is 371 g/mol. The van der Waals surface area contributed by atoms with Gasteiger partial charge in [0, 0.05) is 10.2 Å². The number of anilines is 1. The van der Waals surface area contributed by atoms with E-state index >= 15 is 0 Å². The Bertz CT molecular complexity index is 733. The summed E-state index contributed by atoms with van der Waals surface area (Å²) in [5.74, 6) is -2.14. The normalized spacial score (nSPS) is 10.2. The third kappa shape index (κ3) is 3.34. The second-order valence-corrected chi connectivity index (χ2v) is 5.32. The minimum atomic E-state index is -1.29. The molecule has 0 aliphatic rings. The van der Waals surface area contributed by atoms with Crippen molar-refractivity contribution in [2.45, 2.75) is 0 Å². The van der Waals surface area contributed by atoms with Gasteiger partial charge >= 0.3 is 5.97 Å². The van der Waals surface area contributed by atoms with E-state index in [1.165, 1.54) is 18.2 Å².